The number of methoxy groups -OCH3 is 1. The van der Waals surface area contributed by atoms with Crippen LogP contribution in [-0.2, 0) is 9.16 Å². The van der Waals surface area contributed by atoms with E-state index in [1.165, 1.54) is 0 Å². The normalized spacial score (nSPS) is 37.4. The van der Waals surface area contributed by atoms with Gasteiger partial charge in [0.1, 0.15) is 0 Å². The van der Waals surface area contributed by atoms with Crippen molar-refractivity contribution in [1.82, 2.24) is 0 Å². The highest BCUT2D eigenvalue weighted by Gasteiger charge is 2.55. The highest BCUT2D eigenvalue weighted by atomic mass is 28.4. The lowest BCUT2D eigenvalue weighted by atomic mass is 10.5. The first-order valence-electron chi connectivity index (χ1n) is 4.15. The van der Waals surface area contributed by atoms with E-state index in [1.807, 2.05) is 0 Å². The van der Waals surface area contributed by atoms with Gasteiger partial charge in [-0.2, -0.15) is 0 Å². The summed E-state index contributed by atoms with van der Waals surface area (Å²) in [5.41, 5.74) is 0. The summed E-state index contributed by atoms with van der Waals surface area (Å²) in [6.45, 7) is 8.75. The molecule has 3 heteroatoms. The van der Waals surface area contributed by atoms with Gasteiger partial charge in [0.2, 0.25) is 0 Å². The van der Waals surface area contributed by atoms with E-state index < -0.39 is 8.32 Å². The van der Waals surface area contributed by atoms with Crippen molar-refractivity contribution in [1.29, 1.82) is 0 Å². The average molecular weight is 174 g/mol. The Morgan fingerprint density at radius 2 is 1.82 bits per heavy atom. The molecule has 0 aromatic heterocycles. The fourth-order valence-corrected chi connectivity index (χ4v) is 2.76. The number of rotatable bonds is 3. The largest absolute Gasteiger partial charge is 0.391 e. The van der Waals surface area contributed by atoms with E-state index in [2.05, 4.69) is 26.6 Å². The predicted octanol–water partition coefficient (Wildman–Crippen LogP) is 2.22. The Kier molecular flexibility index (Phi) is 2.16. The zero-order valence-corrected chi connectivity index (χ0v) is 9.10. The monoisotopic (exact) mass is 174 g/mol. The van der Waals surface area contributed by atoms with Crippen LogP contribution in [0.25, 0.3) is 0 Å². The third kappa shape index (κ3) is 2.04. The van der Waals surface area contributed by atoms with Gasteiger partial charge >= 0.3 is 0 Å². The van der Waals surface area contributed by atoms with Crippen molar-refractivity contribution in [3.8, 4) is 0 Å². The van der Waals surface area contributed by atoms with Crippen LogP contribution in [0.3, 0.4) is 0 Å². The molecule has 66 valence electrons. The van der Waals surface area contributed by atoms with Gasteiger partial charge in [0, 0.05) is 19.4 Å². The van der Waals surface area contributed by atoms with Crippen molar-refractivity contribution in [3.63, 3.8) is 0 Å². The molecule has 0 saturated heterocycles. The molecule has 2 nitrogen and oxygen atoms in total. The SMILES string of the molecule is COC1(O[Si](C)(C)C)C[C@@H]1C. The lowest BCUT2D eigenvalue weighted by Crippen LogP contribution is -2.35. The molecule has 0 bridgehead atoms. The van der Waals surface area contributed by atoms with E-state index in [4.69, 9.17) is 9.16 Å². The Hall–Kier alpha value is 0.137. The van der Waals surface area contributed by atoms with E-state index in [-0.39, 0.29) is 5.79 Å². The van der Waals surface area contributed by atoms with Gasteiger partial charge in [-0.1, -0.05) is 6.92 Å². The van der Waals surface area contributed by atoms with Gasteiger partial charge in [0.25, 0.3) is 0 Å². The quantitative estimate of drug-likeness (QED) is 0.482. The number of hydrogen-bond donors (Lipinski definition) is 0. The summed E-state index contributed by atoms with van der Waals surface area (Å²) in [5.74, 6) is 0.379. The molecule has 1 aliphatic rings. The minimum absolute atomic E-state index is 0.204. The van der Waals surface area contributed by atoms with E-state index in [0.29, 0.717) is 5.92 Å². The first-order valence-corrected chi connectivity index (χ1v) is 7.56. The van der Waals surface area contributed by atoms with Crippen molar-refractivity contribution in [3.05, 3.63) is 0 Å². The van der Waals surface area contributed by atoms with Gasteiger partial charge in [0.15, 0.2) is 14.1 Å². The van der Waals surface area contributed by atoms with Gasteiger partial charge in [0.05, 0.1) is 0 Å². The molecule has 11 heavy (non-hydrogen) atoms. The van der Waals surface area contributed by atoms with Gasteiger partial charge in [-0.05, 0) is 19.6 Å². The van der Waals surface area contributed by atoms with Gasteiger partial charge < -0.3 is 9.16 Å². The summed E-state index contributed by atoms with van der Waals surface area (Å²) in [4.78, 5) is 0. The van der Waals surface area contributed by atoms with Crippen molar-refractivity contribution < 1.29 is 9.16 Å². The summed E-state index contributed by atoms with van der Waals surface area (Å²) in [5, 5.41) is 0. The molecule has 1 saturated carbocycles. The molecule has 0 radical (unpaired) electrons. The molecule has 0 aromatic rings. The average Bonchev–Trinajstić information content (AvgIpc) is 2.39. The standard InChI is InChI=1S/C8H18O2Si/c1-7-6-8(7,9-2)10-11(3,4)5/h7H,6H2,1-5H3/t7-,8?/m0/s1. The van der Waals surface area contributed by atoms with Crippen LogP contribution in [0.5, 0.6) is 0 Å². The predicted molar refractivity (Wildman–Crippen MR) is 48.0 cm³/mol. The Labute approximate surface area is 70.0 Å². The summed E-state index contributed by atoms with van der Waals surface area (Å²) in [6.07, 6.45) is 1.06. The maximum Gasteiger partial charge on any atom is 0.187 e. The number of hydrogen-bond acceptors (Lipinski definition) is 2. The second-order valence-corrected chi connectivity index (χ2v) is 8.76. The molecule has 0 N–H and O–H groups in total. The molecule has 1 aliphatic carbocycles. The van der Waals surface area contributed by atoms with Crippen LogP contribution in [0.1, 0.15) is 13.3 Å². The van der Waals surface area contributed by atoms with E-state index >= 15 is 0 Å². The van der Waals surface area contributed by atoms with Crippen LogP contribution in [0.15, 0.2) is 0 Å². The number of ether oxygens (including phenoxy) is 1. The first kappa shape index (κ1) is 9.23. The Balaban J connectivity index is 2.48. The van der Waals surface area contributed by atoms with Crippen molar-refractivity contribution in [2.24, 2.45) is 5.92 Å². The lowest BCUT2D eigenvalue weighted by Gasteiger charge is -2.25. The van der Waals surface area contributed by atoms with Crippen molar-refractivity contribution >= 4 is 8.32 Å². The maximum absolute atomic E-state index is 5.91. The minimum atomic E-state index is -1.42. The highest BCUT2D eigenvalue weighted by molar-refractivity contribution is 6.69. The lowest BCUT2D eigenvalue weighted by molar-refractivity contribution is -0.0965. The minimum Gasteiger partial charge on any atom is -0.391 e. The van der Waals surface area contributed by atoms with E-state index in [1.54, 1.807) is 7.11 Å². The summed E-state index contributed by atoms with van der Waals surface area (Å²) in [6, 6.07) is 0. The van der Waals surface area contributed by atoms with Crippen LogP contribution in [0.2, 0.25) is 19.6 Å². The zero-order valence-electron chi connectivity index (χ0n) is 8.10. The van der Waals surface area contributed by atoms with Crippen LogP contribution >= 0.6 is 0 Å². The summed E-state index contributed by atoms with van der Waals surface area (Å²) >= 11 is 0. The molecular formula is C8H18O2Si. The topological polar surface area (TPSA) is 18.5 Å². The summed E-state index contributed by atoms with van der Waals surface area (Å²) in [7, 11) is 0.322. The van der Waals surface area contributed by atoms with Gasteiger partial charge in [-0.3, -0.25) is 0 Å². The Bertz CT molecular complexity index is 149. The second kappa shape index (κ2) is 2.57. The van der Waals surface area contributed by atoms with Gasteiger partial charge in [-0.25, -0.2) is 0 Å². The molecule has 0 aliphatic heterocycles. The summed E-state index contributed by atoms with van der Waals surface area (Å²) < 4.78 is 11.3. The van der Waals surface area contributed by atoms with Gasteiger partial charge in [-0.15, -0.1) is 0 Å². The third-order valence-electron chi connectivity index (χ3n) is 2.01. The Morgan fingerprint density at radius 1 is 1.36 bits per heavy atom. The smallest absolute Gasteiger partial charge is 0.187 e. The second-order valence-electron chi connectivity index (χ2n) is 4.34. The third-order valence-corrected chi connectivity index (χ3v) is 2.96. The van der Waals surface area contributed by atoms with Crippen molar-refractivity contribution in [2.75, 3.05) is 7.11 Å². The first-order chi connectivity index (χ1) is 4.90. The Morgan fingerprint density at radius 3 is 1.91 bits per heavy atom. The highest BCUT2D eigenvalue weighted by Crippen LogP contribution is 2.48. The molecule has 1 rings (SSSR count). The molecule has 1 fully saturated rings. The van der Waals surface area contributed by atoms with Crippen molar-refractivity contribution in [2.45, 2.75) is 38.8 Å². The molecule has 0 amide bonds. The van der Waals surface area contributed by atoms with Crippen LogP contribution in [0.4, 0.5) is 0 Å². The molecule has 0 heterocycles. The molecular weight excluding hydrogens is 156 g/mol. The molecule has 2 atom stereocenters. The van der Waals surface area contributed by atoms with E-state index in [0.717, 1.165) is 6.42 Å². The van der Waals surface area contributed by atoms with E-state index in [9.17, 15) is 0 Å². The molecule has 1 unspecified atom stereocenters. The zero-order chi connectivity index (χ0) is 8.70. The van der Waals surface area contributed by atoms with Crippen LogP contribution in [0, 0.1) is 5.92 Å². The molecule has 0 aromatic carbocycles. The molecule has 0 spiro atoms. The fraction of sp³-hybridized carbons (Fsp3) is 1.00. The maximum atomic E-state index is 5.91. The van der Waals surface area contributed by atoms with Crippen LogP contribution < -0.4 is 0 Å². The van der Waals surface area contributed by atoms with Crippen LogP contribution in [-0.4, -0.2) is 21.2 Å². The fourth-order valence-electron chi connectivity index (χ4n) is 1.35.